The maximum Gasteiger partial charge on any atom is 0.257 e. The lowest BCUT2D eigenvalue weighted by Gasteiger charge is -2.09. The van der Waals surface area contributed by atoms with Gasteiger partial charge in [-0.1, -0.05) is 35.9 Å². The molecule has 0 fully saturated rings. The smallest absolute Gasteiger partial charge is 0.257 e. The fraction of sp³-hybridized carbons (Fsp3) is 0.0714. The van der Waals surface area contributed by atoms with Crippen LogP contribution in [0, 0.1) is 0 Å². The Kier molecular flexibility index (Phi) is 4.28. The number of hydrogen-bond acceptors (Lipinski definition) is 2. The summed E-state index contributed by atoms with van der Waals surface area (Å²) in [5, 5.41) is 3.33. The van der Waals surface area contributed by atoms with E-state index in [4.69, 9.17) is 11.6 Å². The number of halogens is 1. The van der Waals surface area contributed by atoms with Gasteiger partial charge in [0, 0.05) is 4.90 Å². The third-order valence-corrected chi connectivity index (χ3v) is 3.60. The summed E-state index contributed by atoms with van der Waals surface area (Å²) in [5.41, 5.74) is 1.28. The molecule has 0 unspecified atom stereocenters. The molecule has 0 aromatic heterocycles. The molecule has 0 spiro atoms. The molecule has 0 saturated carbocycles. The van der Waals surface area contributed by atoms with Gasteiger partial charge in [0.2, 0.25) is 0 Å². The van der Waals surface area contributed by atoms with Crippen molar-refractivity contribution in [3.8, 4) is 0 Å². The SMILES string of the molecule is CSc1ccccc1NC(=O)c1ccccc1Cl. The Morgan fingerprint density at radius 2 is 1.78 bits per heavy atom. The van der Waals surface area contributed by atoms with Crippen molar-refractivity contribution in [2.45, 2.75) is 4.90 Å². The fourth-order valence-corrected chi connectivity index (χ4v) is 2.36. The van der Waals surface area contributed by atoms with Gasteiger partial charge in [-0.3, -0.25) is 4.79 Å². The van der Waals surface area contributed by atoms with E-state index in [0.29, 0.717) is 10.6 Å². The molecule has 0 saturated heterocycles. The van der Waals surface area contributed by atoms with Gasteiger partial charge in [-0.2, -0.15) is 0 Å². The van der Waals surface area contributed by atoms with Gasteiger partial charge in [0.15, 0.2) is 0 Å². The molecular formula is C14H12ClNOS. The van der Waals surface area contributed by atoms with E-state index in [9.17, 15) is 4.79 Å². The van der Waals surface area contributed by atoms with E-state index in [-0.39, 0.29) is 5.91 Å². The Hall–Kier alpha value is -1.45. The highest BCUT2D eigenvalue weighted by Crippen LogP contribution is 2.25. The van der Waals surface area contributed by atoms with Gasteiger partial charge in [0.25, 0.3) is 5.91 Å². The summed E-state index contributed by atoms with van der Waals surface area (Å²) in [5.74, 6) is -0.192. The number of para-hydroxylation sites is 1. The summed E-state index contributed by atoms with van der Waals surface area (Å²) in [6, 6.07) is 14.7. The van der Waals surface area contributed by atoms with Crippen molar-refractivity contribution in [2.24, 2.45) is 0 Å². The van der Waals surface area contributed by atoms with Gasteiger partial charge in [0.05, 0.1) is 16.3 Å². The highest BCUT2D eigenvalue weighted by atomic mass is 35.5. The van der Waals surface area contributed by atoms with Crippen LogP contribution in [0.1, 0.15) is 10.4 Å². The van der Waals surface area contributed by atoms with Gasteiger partial charge >= 0.3 is 0 Å². The standard InChI is InChI=1S/C14H12ClNOS/c1-18-13-9-5-4-8-12(13)16-14(17)10-6-2-3-7-11(10)15/h2-9H,1H3,(H,16,17). The van der Waals surface area contributed by atoms with Crippen LogP contribution in [-0.4, -0.2) is 12.2 Å². The average Bonchev–Trinajstić information content (AvgIpc) is 2.39. The number of carbonyl (C=O) groups excluding carboxylic acids is 1. The molecule has 0 heterocycles. The van der Waals surface area contributed by atoms with Crippen LogP contribution < -0.4 is 5.32 Å². The topological polar surface area (TPSA) is 29.1 Å². The Bertz CT molecular complexity index is 571. The van der Waals surface area contributed by atoms with Gasteiger partial charge in [-0.25, -0.2) is 0 Å². The lowest BCUT2D eigenvalue weighted by Crippen LogP contribution is -2.12. The first-order chi connectivity index (χ1) is 8.72. The Labute approximate surface area is 115 Å². The molecule has 18 heavy (non-hydrogen) atoms. The molecule has 1 N–H and O–H groups in total. The minimum atomic E-state index is -0.192. The summed E-state index contributed by atoms with van der Waals surface area (Å²) in [6.07, 6.45) is 1.97. The van der Waals surface area contributed by atoms with E-state index >= 15 is 0 Å². The first-order valence-electron chi connectivity index (χ1n) is 5.41. The summed E-state index contributed by atoms with van der Waals surface area (Å²) in [4.78, 5) is 13.1. The number of benzene rings is 2. The molecule has 0 atom stereocenters. The molecule has 0 aliphatic rings. The van der Waals surface area contributed by atoms with Crippen LogP contribution in [0.5, 0.6) is 0 Å². The van der Waals surface area contributed by atoms with Crippen molar-refractivity contribution in [1.29, 1.82) is 0 Å². The third-order valence-electron chi connectivity index (χ3n) is 2.47. The van der Waals surface area contributed by atoms with Crippen LogP contribution >= 0.6 is 23.4 Å². The molecule has 0 radical (unpaired) electrons. The van der Waals surface area contributed by atoms with Crippen molar-refractivity contribution < 1.29 is 4.79 Å². The number of nitrogens with one attached hydrogen (secondary N) is 1. The second-order valence-electron chi connectivity index (χ2n) is 3.63. The van der Waals surface area contributed by atoms with Crippen molar-refractivity contribution in [3.63, 3.8) is 0 Å². The van der Waals surface area contributed by atoms with Crippen LogP contribution in [0.2, 0.25) is 5.02 Å². The normalized spacial score (nSPS) is 10.1. The van der Waals surface area contributed by atoms with Crippen LogP contribution in [0.25, 0.3) is 0 Å². The van der Waals surface area contributed by atoms with Crippen LogP contribution in [0.15, 0.2) is 53.4 Å². The maximum atomic E-state index is 12.1. The molecule has 0 aliphatic heterocycles. The van der Waals surface area contributed by atoms with E-state index in [2.05, 4.69) is 5.32 Å². The minimum Gasteiger partial charge on any atom is -0.321 e. The Balaban J connectivity index is 2.24. The largest absolute Gasteiger partial charge is 0.321 e. The number of thioether (sulfide) groups is 1. The molecule has 2 rings (SSSR count). The summed E-state index contributed by atoms with van der Waals surface area (Å²) >= 11 is 7.58. The Morgan fingerprint density at radius 1 is 1.11 bits per heavy atom. The zero-order valence-corrected chi connectivity index (χ0v) is 11.4. The predicted octanol–water partition coefficient (Wildman–Crippen LogP) is 4.31. The van der Waals surface area contributed by atoms with Crippen molar-refractivity contribution in [3.05, 3.63) is 59.1 Å². The molecule has 92 valence electrons. The minimum absolute atomic E-state index is 0.192. The van der Waals surface area contributed by atoms with E-state index in [1.165, 1.54) is 0 Å². The van der Waals surface area contributed by atoms with Crippen molar-refractivity contribution >= 4 is 35.0 Å². The summed E-state index contributed by atoms with van der Waals surface area (Å²) in [7, 11) is 0. The lowest BCUT2D eigenvalue weighted by atomic mass is 10.2. The molecule has 4 heteroatoms. The predicted molar refractivity (Wildman–Crippen MR) is 77.6 cm³/mol. The first-order valence-corrected chi connectivity index (χ1v) is 7.01. The molecule has 2 nitrogen and oxygen atoms in total. The molecule has 2 aromatic carbocycles. The highest BCUT2D eigenvalue weighted by molar-refractivity contribution is 7.98. The third kappa shape index (κ3) is 2.86. The van der Waals surface area contributed by atoms with E-state index < -0.39 is 0 Å². The van der Waals surface area contributed by atoms with Gasteiger partial charge in [-0.05, 0) is 30.5 Å². The van der Waals surface area contributed by atoms with Gasteiger partial charge in [-0.15, -0.1) is 11.8 Å². The first kappa shape index (κ1) is 13.0. The number of rotatable bonds is 3. The quantitative estimate of drug-likeness (QED) is 0.847. The van der Waals surface area contributed by atoms with E-state index in [1.807, 2.05) is 30.5 Å². The molecule has 0 aliphatic carbocycles. The average molecular weight is 278 g/mol. The second-order valence-corrected chi connectivity index (χ2v) is 4.89. The van der Waals surface area contributed by atoms with E-state index in [0.717, 1.165) is 10.6 Å². The Morgan fingerprint density at radius 3 is 2.50 bits per heavy atom. The molecule has 2 aromatic rings. The number of anilines is 1. The number of hydrogen-bond donors (Lipinski definition) is 1. The fourth-order valence-electron chi connectivity index (χ4n) is 1.58. The zero-order chi connectivity index (χ0) is 13.0. The number of amides is 1. The number of carbonyl (C=O) groups is 1. The second kappa shape index (κ2) is 5.94. The summed E-state index contributed by atoms with van der Waals surface area (Å²) < 4.78 is 0. The van der Waals surface area contributed by atoms with Crippen molar-refractivity contribution in [2.75, 3.05) is 11.6 Å². The van der Waals surface area contributed by atoms with Crippen LogP contribution in [0.3, 0.4) is 0 Å². The van der Waals surface area contributed by atoms with E-state index in [1.54, 1.807) is 36.0 Å². The van der Waals surface area contributed by atoms with Crippen LogP contribution in [0.4, 0.5) is 5.69 Å². The van der Waals surface area contributed by atoms with Crippen molar-refractivity contribution in [1.82, 2.24) is 0 Å². The maximum absolute atomic E-state index is 12.1. The monoisotopic (exact) mass is 277 g/mol. The molecular weight excluding hydrogens is 266 g/mol. The zero-order valence-electron chi connectivity index (χ0n) is 9.81. The molecule has 0 bridgehead atoms. The highest BCUT2D eigenvalue weighted by Gasteiger charge is 2.11. The molecule has 1 amide bonds. The lowest BCUT2D eigenvalue weighted by molar-refractivity contribution is 0.102. The summed E-state index contributed by atoms with van der Waals surface area (Å²) in [6.45, 7) is 0. The van der Waals surface area contributed by atoms with Gasteiger partial charge < -0.3 is 5.32 Å². The van der Waals surface area contributed by atoms with Gasteiger partial charge in [0.1, 0.15) is 0 Å². The van der Waals surface area contributed by atoms with Crippen LogP contribution in [-0.2, 0) is 0 Å².